The first-order valence-electron chi connectivity index (χ1n) is 5.87. The van der Waals surface area contributed by atoms with Crippen molar-refractivity contribution in [3.63, 3.8) is 0 Å². The molecule has 2 aromatic heterocycles. The summed E-state index contributed by atoms with van der Waals surface area (Å²) in [7, 11) is 0. The summed E-state index contributed by atoms with van der Waals surface area (Å²) in [5, 5.41) is 6.62. The van der Waals surface area contributed by atoms with Crippen LogP contribution in [-0.4, -0.2) is 22.6 Å². The van der Waals surface area contributed by atoms with Gasteiger partial charge in [0, 0.05) is 6.04 Å². The van der Waals surface area contributed by atoms with Gasteiger partial charge in [0.25, 0.3) is 0 Å². The number of anilines is 1. The largest absolute Gasteiger partial charge is 0.366 e. The Balaban J connectivity index is 2.24. The molecule has 1 unspecified atom stereocenters. The van der Waals surface area contributed by atoms with Crippen LogP contribution in [0.3, 0.4) is 0 Å². The lowest BCUT2D eigenvalue weighted by atomic mass is 10.0. The predicted molar refractivity (Wildman–Crippen MR) is 73.3 cm³/mol. The summed E-state index contributed by atoms with van der Waals surface area (Å²) in [6.07, 6.45) is 2.56. The molecule has 2 heterocycles. The fourth-order valence-corrected chi connectivity index (χ4v) is 2.57. The predicted octanol–water partition coefficient (Wildman–Crippen LogP) is 2.48. The maximum atomic E-state index is 5.64. The third-order valence-electron chi connectivity index (χ3n) is 2.87. The zero-order valence-corrected chi connectivity index (χ0v) is 11.0. The highest BCUT2D eigenvalue weighted by Gasteiger charge is 2.14. The lowest BCUT2D eigenvalue weighted by molar-refractivity contribution is 0.498. The fourth-order valence-electron chi connectivity index (χ4n) is 1.83. The maximum absolute atomic E-state index is 5.64. The van der Waals surface area contributed by atoms with Gasteiger partial charge in [0.15, 0.2) is 0 Å². The average molecular weight is 250 g/mol. The summed E-state index contributed by atoms with van der Waals surface area (Å²) in [4.78, 5) is 9.60. The van der Waals surface area contributed by atoms with Crippen molar-refractivity contribution in [2.75, 3.05) is 11.9 Å². The Morgan fingerprint density at radius 2 is 2.24 bits per heavy atom. The summed E-state index contributed by atoms with van der Waals surface area (Å²) in [5.41, 5.74) is 5.64. The Hall–Kier alpha value is -1.20. The van der Waals surface area contributed by atoms with E-state index in [1.54, 1.807) is 17.7 Å². The van der Waals surface area contributed by atoms with Crippen LogP contribution in [0, 0.1) is 5.92 Å². The summed E-state index contributed by atoms with van der Waals surface area (Å²) in [6.45, 7) is 5.08. The van der Waals surface area contributed by atoms with E-state index in [4.69, 9.17) is 5.73 Å². The van der Waals surface area contributed by atoms with Crippen LogP contribution in [0.25, 0.3) is 10.2 Å². The van der Waals surface area contributed by atoms with Crippen LogP contribution in [-0.2, 0) is 0 Å². The molecule has 0 aliphatic rings. The van der Waals surface area contributed by atoms with Gasteiger partial charge in [0.2, 0.25) is 0 Å². The Kier molecular flexibility index (Phi) is 3.91. The third kappa shape index (κ3) is 2.73. The zero-order valence-electron chi connectivity index (χ0n) is 10.2. The number of fused-ring (bicyclic) bond motifs is 1. The topological polar surface area (TPSA) is 63.8 Å². The molecule has 17 heavy (non-hydrogen) atoms. The van der Waals surface area contributed by atoms with E-state index in [0.717, 1.165) is 22.5 Å². The molecule has 0 aliphatic carbocycles. The van der Waals surface area contributed by atoms with E-state index in [1.807, 2.05) is 5.38 Å². The second-order valence-corrected chi connectivity index (χ2v) is 5.33. The molecule has 0 spiro atoms. The first kappa shape index (κ1) is 12.3. The van der Waals surface area contributed by atoms with Crippen LogP contribution < -0.4 is 11.1 Å². The van der Waals surface area contributed by atoms with Crippen molar-refractivity contribution in [1.82, 2.24) is 9.97 Å². The quantitative estimate of drug-likeness (QED) is 0.855. The number of nitrogens with zero attached hydrogens (tertiary/aromatic N) is 2. The van der Waals surface area contributed by atoms with Crippen LogP contribution >= 0.6 is 11.3 Å². The minimum absolute atomic E-state index is 0.359. The van der Waals surface area contributed by atoms with Gasteiger partial charge in [-0.2, -0.15) is 0 Å². The molecule has 0 bridgehead atoms. The lowest BCUT2D eigenvalue weighted by Gasteiger charge is -2.22. The molecule has 5 heteroatoms. The first-order valence-corrected chi connectivity index (χ1v) is 6.75. The minimum atomic E-state index is 0.359. The number of hydrogen-bond donors (Lipinski definition) is 2. The van der Waals surface area contributed by atoms with Crippen molar-refractivity contribution in [3.8, 4) is 0 Å². The number of nitrogens with one attached hydrogen (secondary N) is 1. The molecule has 4 nitrogen and oxygen atoms in total. The number of aromatic nitrogens is 2. The van der Waals surface area contributed by atoms with E-state index in [0.29, 0.717) is 18.5 Å². The Morgan fingerprint density at radius 3 is 2.94 bits per heavy atom. The third-order valence-corrected chi connectivity index (χ3v) is 3.69. The number of thiophene rings is 1. The Bertz CT molecular complexity index is 480. The molecule has 0 radical (unpaired) electrons. The minimum Gasteiger partial charge on any atom is -0.366 e. The molecule has 2 aromatic rings. The number of hydrogen-bond acceptors (Lipinski definition) is 5. The summed E-state index contributed by atoms with van der Waals surface area (Å²) < 4.78 is 0. The van der Waals surface area contributed by atoms with Gasteiger partial charge >= 0.3 is 0 Å². The van der Waals surface area contributed by atoms with Gasteiger partial charge in [0.1, 0.15) is 17.0 Å². The standard InChI is InChI=1S/C12H18N4S/c1-8(2)10(3-5-13)16-11-9-4-6-17-12(9)15-7-14-11/h4,6-8,10H,3,5,13H2,1-2H3,(H,14,15,16). The number of nitrogens with two attached hydrogens (primary N) is 1. The van der Waals surface area contributed by atoms with Gasteiger partial charge in [-0.05, 0) is 30.3 Å². The van der Waals surface area contributed by atoms with Crippen molar-refractivity contribution < 1.29 is 0 Å². The van der Waals surface area contributed by atoms with Gasteiger partial charge in [-0.3, -0.25) is 0 Å². The molecule has 3 N–H and O–H groups in total. The van der Waals surface area contributed by atoms with Gasteiger partial charge in [-0.1, -0.05) is 13.8 Å². The second kappa shape index (κ2) is 5.42. The summed E-state index contributed by atoms with van der Waals surface area (Å²) >= 11 is 1.63. The molecule has 0 fully saturated rings. The van der Waals surface area contributed by atoms with Crippen molar-refractivity contribution in [2.45, 2.75) is 26.3 Å². The van der Waals surface area contributed by atoms with E-state index in [9.17, 15) is 0 Å². The SMILES string of the molecule is CC(C)C(CCN)Nc1ncnc2sccc12. The van der Waals surface area contributed by atoms with E-state index < -0.39 is 0 Å². The molecule has 0 aromatic carbocycles. The molecule has 1 atom stereocenters. The molecular weight excluding hydrogens is 232 g/mol. The summed E-state index contributed by atoms with van der Waals surface area (Å²) in [5.74, 6) is 1.45. The molecule has 2 rings (SSSR count). The van der Waals surface area contributed by atoms with Crippen LogP contribution in [0.5, 0.6) is 0 Å². The second-order valence-electron chi connectivity index (χ2n) is 4.43. The highest BCUT2D eigenvalue weighted by Crippen LogP contribution is 2.25. The lowest BCUT2D eigenvalue weighted by Crippen LogP contribution is -2.28. The number of rotatable bonds is 5. The van der Waals surface area contributed by atoms with Gasteiger partial charge < -0.3 is 11.1 Å². The van der Waals surface area contributed by atoms with Gasteiger partial charge in [0.05, 0.1) is 5.39 Å². The summed E-state index contributed by atoms with van der Waals surface area (Å²) in [6, 6.07) is 2.42. The fraction of sp³-hybridized carbons (Fsp3) is 0.500. The smallest absolute Gasteiger partial charge is 0.138 e. The Labute approximate surface area is 105 Å². The normalized spacial score (nSPS) is 13.2. The molecule has 0 aliphatic heterocycles. The monoisotopic (exact) mass is 250 g/mol. The first-order chi connectivity index (χ1) is 8.22. The van der Waals surface area contributed by atoms with E-state index >= 15 is 0 Å². The van der Waals surface area contributed by atoms with Crippen LogP contribution in [0.2, 0.25) is 0 Å². The van der Waals surface area contributed by atoms with Gasteiger partial charge in [-0.25, -0.2) is 9.97 Å². The van der Waals surface area contributed by atoms with Crippen molar-refractivity contribution in [2.24, 2.45) is 11.7 Å². The van der Waals surface area contributed by atoms with Crippen molar-refractivity contribution in [3.05, 3.63) is 17.8 Å². The zero-order chi connectivity index (χ0) is 12.3. The highest BCUT2D eigenvalue weighted by molar-refractivity contribution is 7.16. The maximum Gasteiger partial charge on any atom is 0.138 e. The Morgan fingerprint density at radius 1 is 1.41 bits per heavy atom. The van der Waals surface area contributed by atoms with Crippen LogP contribution in [0.1, 0.15) is 20.3 Å². The molecule has 0 saturated heterocycles. The van der Waals surface area contributed by atoms with Crippen molar-refractivity contribution in [1.29, 1.82) is 0 Å². The molecule has 92 valence electrons. The molecule has 0 amide bonds. The van der Waals surface area contributed by atoms with E-state index in [-0.39, 0.29) is 0 Å². The van der Waals surface area contributed by atoms with E-state index in [1.165, 1.54) is 0 Å². The average Bonchev–Trinajstić information content (AvgIpc) is 2.77. The van der Waals surface area contributed by atoms with Crippen LogP contribution in [0.4, 0.5) is 5.82 Å². The highest BCUT2D eigenvalue weighted by atomic mass is 32.1. The molecule has 0 saturated carbocycles. The van der Waals surface area contributed by atoms with Crippen molar-refractivity contribution >= 4 is 27.4 Å². The van der Waals surface area contributed by atoms with E-state index in [2.05, 4.69) is 35.2 Å². The van der Waals surface area contributed by atoms with Crippen LogP contribution in [0.15, 0.2) is 17.8 Å². The molecular formula is C12H18N4S. The van der Waals surface area contributed by atoms with Gasteiger partial charge in [-0.15, -0.1) is 11.3 Å².